The molecule has 0 aromatic carbocycles. The van der Waals surface area contributed by atoms with Gasteiger partial charge in [0, 0.05) is 16.4 Å². The molecule has 0 N–H and O–H groups in total. The number of halogens is 1. The highest BCUT2D eigenvalue weighted by Crippen LogP contribution is 2.72. The molecule has 7 atom stereocenters. The zero-order valence-corrected chi connectivity index (χ0v) is 23.6. The van der Waals surface area contributed by atoms with E-state index in [-0.39, 0.29) is 33.8 Å². The van der Waals surface area contributed by atoms with Crippen LogP contribution < -0.4 is 0 Å². The minimum atomic E-state index is -0.589. The normalized spacial score (nSPS) is 46.6. The largest absolute Gasteiger partial charge is 0.469 e. The van der Waals surface area contributed by atoms with Crippen LogP contribution in [0, 0.1) is 33.0 Å². The summed E-state index contributed by atoms with van der Waals surface area (Å²) in [5.41, 5.74) is 2.73. The van der Waals surface area contributed by atoms with Crippen molar-refractivity contribution < 1.29 is 19.1 Å². The Morgan fingerprint density at radius 2 is 1.57 bits per heavy atom. The zero-order valence-electron chi connectivity index (χ0n) is 22.0. The topological polar surface area (TPSA) is 60.4 Å². The first-order valence-corrected chi connectivity index (χ1v) is 13.8. The number of carbonyl (C=O) groups is 3. The lowest BCUT2D eigenvalue weighted by Gasteiger charge is -2.66. The monoisotopic (exact) mass is 540 g/mol. The molecule has 0 saturated heterocycles. The fraction of sp³-hybridized carbons (Fsp3) is 0.633. The second kappa shape index (κ2) is 7.40. The van der Waals surface area contributed by atoms with Crippen LogP contribution in [0.15, 0.2) is 46.6 Å². The van der Waals surface area contributed by atoms with Crippen LogP contribution in [-0.4, -0.2) is 29.5 Å². The molecule has 5 heteroatoms. The summed E-state index contributed by atoms with van der Waals surface area (Å²) < 4.78 is 5.25. The van der Waals surface area contributed by atoms with Gasteiger partial charge >= 0.3 is 5.97 Å². The highest BCUT2D eigenvalue weighted by molar-refractivity contribution is 9.10. The van der Waals surface area contributed by atoms with Crippen LogP contribution in [0.25, 0.3) is 0 Å². The lowest BCUT2D eigenvalue weighted by Crippen LogP contribution is -2.59. The minimum Gasteiger partial charge on any atom is -0.469 e. The Balaban J connectivity index is 1.66. The molecule has 188 valence electrons. The molecule has 0 aliphatic heterocycles. The number of hydrogen-bond acceptors (Lipinski definition) is 4. The summed E-state index contributed by atoms with van der Waals surface area (Å²) in [5.74, 6) is -0.522. The van der Waals surface area contributed by atoms with E-state index in [1.165, 1.54) is 12.7 Å². The van der Waals surface area contributed by atoms with Crippen molar-refractivity contribution in [3.8, 4) is 0 Å². The number of fused-ring (bicyclic) bond motifs is 6. The Labute approximate surface area is 217 Å². The molecule has 5 aliphatic carbocycles. The maximum absolute atomic E-state index is 12.9. The Morgan fingerprint density at radius 1 is 0.943 bits per heavy atom. The van der Waals surface area contributed by atoms with Crippen LogP contribution in [0.1, 0.15) is 73.6 Å². The van der Waals surface area contributed by atoms with E-state index in [9.17, 15) is 14.4 Å². The van der Waals surface area contributed by atoms with Crippen molar-refractivity contribution in [3.63, 3.8) is 0 Å². The molecular weight excluding hydrogens is 504 g/mol. The van der Waals surface area contributed by atoms with Crippen LogP contribution in [0.3, 0.4) is 0 Å². The number of alkyl halides is 1. The Bertz CT molecular complexity index is 1190. The second-order valence-electron chi connectivity index (χ2n) is 12.9. The third-order valence-electron chi connectivity index (χ3n) is 11.3. The number of allylic oxidation sites excluding steroid dienone is 8. The number of esters is 1. The highest BCUT2D eigenvalue weighted by atomic mass is 79.9. The highest BCUT2D eigenvalue weighted by Gasteiger charge is 2.65. The van der Waals surface area contributed by atoms with Crippen molar-refractivity contribution in [1.29, 1.82) is 0 Å². The van der Waals surface area contributed by atoms with Crippen molar-refractivity contribution in [3.05, 3.63) is 46.6 Å². The fourth-order valence-corrected chi connectivity index (χ4v) is 9.14. The summed E-state index contributed by atoms with van der Waals surface area (Å²) >= 11 is 3.65. The summed E-state index contributed by atoms with van der Waals surface area (Å²) in [5, 5.41) is 0. The summed E-state index contributed by atoms with van der Waals surface area (Å²) in [6.07, 6.45) is 13.8. The number of ketones is 2. The Kier molecular flexibility index (Phi) is 5.27. The summed E-state index contributed by atoms with van der Waals surface area (Å²) in [6, 6.07) is 0. The molecule has 0 aromatic heterocycles. The van der Waals surface area contributed by atoms with Gasteiger partial charge in [-0.2, -0.15) is 0 Å². The standard InChI is InChI=1S/C30H37BrO4/c1-17-18-8-9-19-20(30(18,6)24(31)23(33)22(17)32)10-11-29(5)21-16-27(3,25(34)35-7)13-12-26(21,2)14-15-28(19,29)4/h8-11,21,24H,12-16H2,1-7H3. The summed E-state index contributed by atoms with van der Waals surface area (Å²) in [4.78, 5) is 37.8. The van der Waals surface area contributed by atoms with Gasteiger partial charge in [0.05, 0.1) is 17.4 Å². The van der Waals surface area contributed by atoms with Crippen LogP contribution in [0.4, 0.5) is 0 Å². The van der Waals surface area contributed by atoms with Crippen molar-refractivity contribution in [2.75, 3.05) is 7.11 Å². The van der Waals surface area contributed by atoms with Gasteiger partial charge in [0.25, 0.3) is 0 Å². The smallest absolute Gasteiger partial charge is 0.311 e. The lowest BCUT2D eigenvalue weighted by molar-refractivity contribution is -0.167. The molecule has 0 bridgehead atoms. The molecule has 2 saturated carbocycles. The SMILES string of the molecule is COC(=O)C1(C)CCC2(C)CCC3(C)C4=C(C=CC3(C)C2C1)C1(C)C(=C(C)C(=O)C(=O)C1Br)C=C4. The maximum Gasteiger partial charge on any atom is 0.311 e. The molecule has 5 rings (SSSR count). The van der Waals surface area contributed by atoms with Crippen LogP contribution in [0.5, 0.6) is 0 Å². The van der Waals surface area contributed by atoms with Gasteiger partial charge in [-0.25, -0.2) is 0 Å². The molecule has 0 aromatic rings. The van der Waals surface area contributed by atoms with E-state index in [1.807, 2.05) is 0 Å². The quantitative estimate of drug-likeness (QED) is 0.217. The number of Topliss-reactive ketones (excluding diaryl/α,β-unsaturated/α-hetero) is 2. The predicted octanol–water partition coefficient (Wildman–Crippen LogP) is 6.45. The van der Waals surface area contributed by atoms with Gasteiger partial charge in [0.1, 0.15) is 0 Å². The van der Waals surface area contributed by atoms with Gasteiger partial charge in [-0.15, -0.1) is 0 Å². The molecule has 7 unspecified atom stereocenters. The van der Waals surface area contributed by atoms with Crippen LogP contribution >= 0.6 is 15.9 Å². The maximum atomic E-state index is 12.9. The molecule has 4 nitrogen and oxygen atoms in total. The van der Waals surface area contributed by atoms with Gasteiger partial charge in [-0.05, 0) is 86.3 Å². The van der Waals surface area contributed by atoms with Gasteiger partial charge in [0.15, 0.2) is 0 Å². The molecule has 0 radical (unpaired) electrons. The van der Waals surface area contributed by atoms with Gasteiger partial charge in [-0.1, -0.05) is 61.0 Å². The summed E-state index contributed by atoms with van der Waals surface area (Å²) in [7, 11) is 1.50. The van der Waals surface area contributed by atoms with Crippen molar-refractivity contribution >= 4 is 33.5 Å². The molecule has 0 heterocycles. The third kappa shape index (κ3) is 2.88. The van der Waals surface area contributed by atoms with Crippen LogP contribution in [0.2, 0.25) is 0 Å². The van der Waals surface area contributed by atoms with Gasteiger partial charge in [-0.3, -0.25) is 14.4 Å². The Hall–Kier alpha value is -1.75. The van der Waals surface area contributed by atoms with E-state index < -0.39 is 15.7 Å². The number of rotatable bonds is 1. The average Bonchev–Trinajstić information content (AvgIpc) is 2.83. The van der Waals surface area contributed by atoms with E-state index in [0.29, 0.717) is 11.5 Å². The van der Waals surface area contributed by atoms with Gasteiger partial charge < -0.3 is 4.74 Å². The minimum absolute atomic E-state index is 0.0991. The first-order valence-electron chi connectivity index (χ1n) is 12.8. The number of ether oxygens (including phenoxy) is 1. The second-order valence-corrected chi connectivity index (χ2v) is 13.8. The average molecular weight is 542 g/mol. The molecule has 2 fully saturated rings. The first-order chi connectivity index (χ1) is 16.2. The Morgan fingerprint density at radius 3 is 2.23 bits per heavy atom. The molecule has 0 amide bonds. The van der Waals surface area contributed by atoms with Crippen molar-refractivity contribution in [1.82, 2.24) is 0 Å². The number of hydrogen-bond donors (Lipinski definition) is 0. The van der Waals surface area contributed by atoms with E-state index in [4.69, 9.17) is 4.74 Å². The summed E-state index contributed by atoms with van der Waals surface area (Å²) in [6.45, 7) is 13.1. The molecular formula is C30H37BrO4. The molecule has 35 heavy (non-hydrogen) atoms. The number of carbonyl (C=O) groups excluding carboxylic acids is 3. The first kappa shape index (κ1) is 24.9. The van der Waals surface area contributed by atoms with E-state index in [0.717, 1.165) is 43.3 Å². The fourth-order valence-electron chi connectivity index (χ4n) is 8.44. The lowest BCUT2D eigenvalue weighted by atomic mass is 9.38. The van der Waals surface area contributed by atoms with E-state index in [2.05, 4.69) is 74.9 Å². The van der Waals surface area contributed by atoms with Crippen molar-refractivity contribution in [2.24, 2.45) is 33.0 Å². The van der Waals surface area contributed by atoms with Crippen LogP contribution in [-0.2, 0) is 19.1 Å². The van der Waals surface area contributed by atoms with Gasteiger partial charge in [0.2, 0.25) is 11.6 Å². The van der Waals surface area contributed by atoms with E-state index in [1.54, 1.807) is 6.92 Å². The molecule has 5 aliphatic rings. The van der Waals surface area contributed by atoms with Crippen molar-refractivity contribution in [2.45, 2.75) is 78.5 Å². The third-order valence-corrected chi connectivity index (χ3v) is 12.6. The number of methoxy groups -OCH3 is 1. The predicted molar refractivity (Wildman–Crippen MR) is 140 cm³/mol. The zero-order chi connectivity index (χ0) is 25.8. The van der Waals surface area contributed by atoms with E-state index >= 15 is 0 Å². The molecule has 0 spiro atoms.